The Balaban J connectivity index is 1.87. The van der Waals surface area contributed by atoms with Crippen LogP contribution in [0.2, 0.25) is 0 Å². The molecule has 2 aromatic carbocycles. The maximum atomic E-state index is 13.5. The quantitative estimate of drug-likeness (QED) is 0.378. The molecular formula is C24H20O8. The van der Waals surface area contributed by atoms with E-state index in [9.17, 15) is 24.3 Å². The molecule has 32 heavy (non-hydrogen) atoms. The van der Waals surface area contributed by atoms with Crippen LogP contribution in [0.15, 0.2) is 24.3 Å². The van der Waals surface area contributed by atoms with Crippen molar-refractivity contribution >= 4 is 23.5 Å². The lowest BCUT2D eigenvalue weighted by Gasteiger charge is -2.30. The van der Waals surface area contributed by atoms with Gasteiger partial charge in [-0.15, -0.1) is 0 Å². The maximum absolute atomic E-state index is 13.5. The molecule has 1 heterocycles. The molecule has 5 rings (SSSR count). The first-order valence-corrected chi connectivity index (χ1v) is 10.3. The highest BCUT2D eigenvalue weighted by Gasteiger charge is 2.64. The van der Waals surface area contributed by atoms with Crippen molar-refractivity contribution in [2.75, 3.05) is 0 Å². The average molecular weight is 436 g/mol. The van der Waals surface area contributed by atoms with Gasteiger partial charge >= 0.3 is 11.9 Å². The fourth-order valence-corrected chi connectivity index (χ4v) is 4.91. The van der Waals surface area contributed by atoms with Gasteiger partial charge in [-0.25, -0.2) is 0 Å². The zero-order chi connectivity index (χ0) is 22.9. The van der Waals surface area contributed by atoms with E-state index in [-0.39, 0.29) is 33.8 Å². The summed E-state index contributed by atoms with van der Waals surface area (Å²) in [6.45, 7) is 4.01. The van der Waals surface area contributed by atoms with Crippen molar-refractivity contribution in [2.45, 2.75) is 51.4 Å². The SMILES string of the molecule is CC(=O)Oc1c2c(c(OC(C)=O)c3c1C(=O)c1ccccc1C3=O)[C@H]1O[C@@]1([C@@H](C)O)CC2. The number of hydrogen-bond donors (Lipinski definition) is 1. The first-order valence-electron chi connectivity index (χ1n) is 10.3. The number of rotatable bonds is 3. The van der Waals surface area contributed by atoms with Crippen LogP contribution in [-0.4, -0.2) is 40.3 Å². The summed E-state index contributed by atoms with van der Waals surface area (Å²) in [6, 6.07) is 6.33. The third kappa shape index (κ3) is 2.69. The second-order valence-corrected chi connectivity index (χ2v) is 8.32. The number of ketones is 2. The standard InChI is InChI=1S/C24H20O8/c1-10(25)24-9-8-15-16(23(24)32-24)22(31-12(3)27)18-17(21(15)30-11(2)26)19(28)13-6-4-5-7-14(13)20(18)29/h4-7,10,23,25H,8-9H2,1-3H3/t10-,23-,24-/m1/s1. The molecule has 0 aromatic heterocycles. The summed E-state index contributed by atoms with van der Waals surface area (Å²) in [4.78, 5) is 51.0. The van der Waals surface area contributed by atoms with E-state index in [0.29, 0.717) is 24.0 Å². The lowest BCUT2D eigenvalue weighted by atomic mass is 9.74. The Labute approximate surface area is 183 Å². The van der Waals surface area contributed by atoms with Crippen LogP contribution in [0.25, 0.3) is 0 Å². The first kappa shape index (κ1) is 20.5. The summed E-state index contributed by atoms with van der Waals surface area (Å²) in [5, 5.41) is 10.3. The third-order valence-electron chi connectivity index (χ3n) is 6.37. The zero-order valence-corrected chi connectivity index (χ0v) is 17.7. The van der Waals surface area contributed by atoms with E-state index in [4.69, 9.17) is 14.2 Å². The van der Waals surface area contributed by atoms with E-state index in [0.717, 1.165) is 0 Å². The Morgan fingerprint density at radius 1 is 1.03 bits per heavy atom. The van der Waals surface area contributed by atoms with Crippen LogP contribution in [0.5, 0.6) is 11.5 Å². The Morgan fingerprint density at radius 3 is 2.09 bits per heavy atom. The van der Waals surface area contributed by atoms with Crippen LogP contribution in [0, 0.1) is 0 Å². The molecule has 1 fully saturated rings. The molecule has 0 radical (unpaired) electrons. The molecule has 1 N–H and O–H groups in total. The van der Waals surface area contributed by atoms with Crippen LogP contribution < -0.4 is 9.47 Å². The Morgan fingerprint density at radius 2 is 1.56 bits per heavy atom. The summed E-state index contributed by atoms with van der Waals surface area (Å²) < 4.78 is 16.9. The van der Waals surface area contributed by atoms with E-state index in [2.05, 4.69) is 0 Å². The van der Waals surface area contributed by atoms with Crippen LogP contribution >= 0.6 is 0 Å². The number of ether oxygens (including phenoxy) is 3. The van der Waals surface area contributed by atoms with Gasteiger partial charge in [-0.05, 0) is 19.8 Å². The number of esters is 2. The number of carbonyl (C=O) groups excluding carboxylic acids is 4. The largest absolute Gasteiger partial charge is 0.426 e. The van der Waals surface area contributed by atoms with E-state index in [1.54, 1.807) is 19.1 Å². The van der Waals surface area contributed by atoms with Gasteiger partial charge < -0.3 is 19.3 Å². The number of benzene rings is 2. The van der Waals surface area contributed by atoms with Crippen LogP contribution in [0.1, 0.15) is 76.3 Å². The Hall–Kier alpha value is -3.36. The van der Waals surface area contributed by atoms with Crippen LogP contribution in [-0.2, 0) is 20.7 Å². The lowest BCUT2D eigenvalue weighted by Crippen LogP contribution is -2.33. The van der Waals surface area contributed by atoms with Crippen LogP contribution in [0.3, 0.4) is 0 Å². The van der Waals surface area contributed by atoms with Crippen molar-refractivity contribution < 1.29 is 38.5 Å². The molecular weight excluding hydrogens is 416 g/mol. The number of aliphatic hydroxyl groups excluding tert-OH is 1. The third-order valence-corrected chi connectivity index (χ3v) is 6.37. The molecule has 3 aliphatic rings. The van der Waals surface area contributed by atoms with Gasteiger partial charge in [0.2, 0.25) is 0 Å². The van der Waals surface area contributed by atoms with Gasteiger partial charge in [0.1, 0.15) is 23.2 Å². The maximum Gasteiger partial charge on any atom is 0.308 e. The molecule has 8 heteroatoms. The number of carbonyl (C=O) groups is 4. The van der Waals surface area contributed by atoms with Crippen molar-refractivity contribution in [3.8, 4) is 11.5 Å². The Kier molecular flexibility index (Phi) is 4.38. The molecule has 0 spiro atoms. The van der Waals surface area contributed by atoms with Crippen molar-refractivity contribution in [1.29, 1.82) is 0 Å². The molecule has 1 saturated heterocycles. The molecule has 3 atom stereocenters. The summed E-state index contributed by atoms with van der Waals surface area (Å²) >= 11 is 0. The highest BCUT2D eigenvalue weighted by atomic mass is 16.6. The fraction of sp³-hybridized carbons (Fsp3) is 0.333. The number of aliphatic hydroxyl groups is 1. The van der Waals surface area contributed by atoms with Gasteiger partial charge in [0.05, 0.1) is 17.2 Å². The molecule has 164 valence electrons. The molecule has 1 aliphatic heterocycles. The van der Waals surface area contributed by atoms with Crippen molar-refractivity contribution in [3.05, 3.63) is 57.6 Å². The summed E-state index contributed by atoms with van der Waals surface area (Å²) in [6.07, 6.45) is -0.783. The summed E-state index contributed by atoms with van der Waals surface area (Å²) in [7, 11) is 0. The van der Waals surface area contributed by atoms with E-state index >= 15 is 0 Å². The molecule has 0 unspecified atom stereocenters. The second-order valence-electron chi connectivity index (χ2n) is 8.32. The zero-order valence-electron chi connectivity index (χ0n) is 17.7. The minimum atomic E-state index is -0.886. The van der Waals surface area contributed by atoms with Crippen molar-refractivity contribution in [3.63, 3.8) is 0 Å². The highest BCUT2D eigenvalue weighted by Crippen LogP contribution is 2.63. The topological polar surface area (TPSA) is 120 Å². The summed E-state index contributed by atoms with van der Waals surface area (Å²) in [5.74, 6) is -2.43. The molecule has 2 aliphatic carbocycles. The number of fused-ring (bicyclic) bond motifs is 5. The molecule has 0 bridgehead atoms. The first-order chi connectivity index (χ1) is 15.2. The van der Waals surface area contributed by atoms with Gasteiger partial charge in [0.25, 0.3) is 0 Å². The monoisotopic (exact) mass is 436 g/mol. The minimum absolute atomic E-state index is 0.0130. The number of epoxide rings is 1. The van der Waals surface area contributed by atoms with E-state index in [1.165, 1.54) is 26.0 Å². The van der Waals surface area contributed by atoms with Gasteiger partial charge in [-0.2, -0.15) is 0 Å². The van der Waals surface area contributed by atoms with E-state index in [1.807, 2.05) is 0 Å². The second kappa shape index (κ2) is 6.82. The Bertz CT molecular complexity index is 1240. The fourth-order valence-electron chi connectivity index (χ4n) is 4.91. The molecule has 0 amide bonds. The molecule has 0 saturated carbocycles. The predicted octanol–water partition coefficient (Wildman–Crippen LogP) is 2.45. The van der Waals surface area contributed by atoms with Gasteiger partial charge in [0, 0.05) is 36.1 Å². The van der Waals surface area contributed by atoms with Gasteiger partial charge in [-0.1, -0.05) is 24.3 Å². The van der Waals surface area contributed by atoms with Crippen molar-refractivity contribution in [1.82, 2.24) is 0 Å². The van der Waals surface area contributed by atoms with Crippen molar-refractivity contribution in [2.24, 2.45) is 0 Å². The normalized spacial score (nSPS) is 23.3. The van der Waals surface area contributed by atoms with E-state index < -0.39 is 41.3 Å². The average Bonchev–Trinajstić information content (AvgIpc) is 3.49. The summed E-state index contributed by atoms with van der Waals surface area (Å²) in [5.41, 5.74) is 0.0751. The highest BCUT2D eigenvalue weighted by molar-refractivity contribution is 6.30. The van der Waals surface area contributed by atoms with Gasteiger partial charge in [0.15, 0.2) is 11.6 Å². The van der Waals surface area contributed by atoms with Crippen LogP contribution in [0.4, 0.5) is 0 Å². The number of hydrogen-bond acceptors (Lipinski definition) is 8. The minimum Gasteiger partial charge on any atom is -0.426 e. The smallest absolute Gasteiger partial charge is 0.308 e. The van der Waals surface area contributed by atoms with Gasteiger partial charge in [-0.3, -0.25) is 19.2 Å². The predicted molar refractivity (Wildman–Crippen MR) is 109 cm³/mol. The molecule has 8 nitrogen and oxygen atoms in total. The molecule has 2 aromatic rings. The lowest BCUT2D eigenvalue weighted by molar-refractivity contribution is -0.133.